The van der Waals surface area contributed by atoms with Crippen molar-refractivity contribution in [3.05, 3.63) is 79.0 Å². The summed E-state index contributed by atoms with van der Waals surface area (Å²) in [5.41, 5.74) is 12.2. The summed E-state index contributed by atoms with van der Waals surface area (Å²) in [6.45, 7) is 0. The molecule has 0 aliphatic heterocycles. The Morgan fingerprint density at radius 2 is 1.81 bits per heavy atom. The molecular weight excluding hydrogens is 405 g/mol. The Labute approximate surface area is 181 Å². The number of anilines is 1. The number of nitrogen functional groups attached to an aromatic ring is 1. The zero-order chi connectivity index (χ0) is 21.7. The number of nitrogens with one attached hydrogen (secondary N) is 2. The number of halogens is 1. The van der Waals surface area contributed by atoms with Crippen LogP contribution in [0.25, 0.3) is 55.8 Å². The molecule has 6 aromatic rings. The molecule has 0 unspecified atom stereocenters. The van der Waals surface area contributed by atoms with Gasteiger partial charge >= 0.3 is 0 Å². The number of hydrogen-bond acceptors (Lipinski definition) is 5. The Hall–Kier alpha value is -4.59. The van der Waals surface area contributed by atoms with Crippen LogP contribution in [0.3, 0.4) is 0 Å². The number of fused-ring (bicyclic) bond motifs is 2. The van der Waals surface area contributed by atoms with E-state index in [1.165, 1.54) is 6.07 Å². The van der Waals surface area contributed by atoms with Gasteiger partial charge in [0, 0.05) is 40.7 Å². The summed E-state index contributed by atoms with van der Waals surface area (Å²) in [7, 11) is 0. The molecule has 4 heterocycles. The average Bonchev–Trinajstić information content (AvgIpc) is 3.43. The Bertz CT molecular complexity index is 1620. The van der Waals surface area contributed by atoms with Gasteiger partial charge in [0.15, 0.2) is 11.5 Å². The van der Waals surface area contributed by atoms with Crippen molar-refractivity contribution in [1.29, 1.82) is 0 Å². The Kier molecular flexibility index (Phi) is 3.97. The van der Waals surface area contributed by atoms with Gasteiger partial charge in [-0.15, -0.1) is 0 Å². The van der Waals surface area contributed by atoms with E-state index in [-0.39, 0.29) is 5.82 Å². The van der Waals surface area contributed by atoms with Gasteiger partial charge in [0.2, 0.25) is 0 Å². The van der Waals surface area contributed by atoms with Crippen molar-refractivity contribution in [2.45, 2.75) is 0 Å². The minimum atomic E-state index is -0.310. The number of nitrogens with two attached hydrogens (primary N) is 1. The zero-order valence-electron chi connectivity index (χ0n) is 16.7. The van der Waals surface area contributed by atoms with Crippen molar-refractivity contribution < 1.29 is 4.39 Å². The van der Waals surface area contributed by atoms with Crippen LogP contribution in [0.4, 0.5) is 10.1 Å². The van der Waals surface area contributed by atoms with E-state index in [9.17, 15) is 4.39 Å². The molecule has 0 aliphatic carbocycles. The van der Waals surface area contributed by atoms with Crippen LogP contribution >= 0.6 is 0 Å². The molecule has 0 aliphatic rings. The fraction of sp³-hybridized carbons (Fsp3) is 0. The number of aromatic nitrogens is 6. The first kappa shape index (κ1) is 18.2. The molecule has 154 valence electrons. The van der Waals surface area contributed by atoms with E-state index in [0.717, 1.165) is 22.0 Å². The fourth-order valence-electron chi connectivity index (χ4n) is 3.91. The van der Waals surface area contributed by atoms with E-state index in [1.807, 2.05) is 24.3 Å². The van der Waals surface area contributed by atoms with Gasteiger partial charge in [-0.25, -0.2) is 14.4 Å². The molecule has 0 saturated heterocycles. The van der Waals surface area contributed by atoms with Crippen LogP contribution in [0, 0.1) is 5.82 Å². The number of hydrogen-bond donors (Lipinski definition) is 3. The van der Waals surface area contributed by atoms with Gasteiger partial charge in [0.05, 0.1) is 11.2 Å². The summed E-state index contributed by atoms with van der Waals surface area (Å²) in [6, 6.07) is 16.2. The molecule has 32 heavy (non-hydrogen) atoms. The Morgan fingerprint density at radius 1 is 0.906 bits per heavy atom. The van der Waals surface area contributed by atoms with Crippen LogP contribution in [-0.2, 0) is 0 Å². The predicted molar refractivity (Wildman–Crippen MR) is 122 cm³/mol. The normalized spacial score (nSPS) is 11.4. The molecule has 0 saturated carbocycles. The SMILES string of the molecule is Nc1cncc(-c2ccc3[nH]nc(-c4nc5c(-c6ccccc6F)ccnc5[nH]4)c3c2)c1. The molecule has 0 radical (unpaired) electrons. The first-order chi connectivity index (χ1) is 15.7. The number of imidazole rings is 1. The van der Waals surface area contributed by atoms with Crippen molar-refractivity contribution in [1.82, 2.24) is 30.1 Å². The van der Waals surface area contributed by atoms with Crippen LogP contribution in [0.15, 0.2) is 73.2 Å². The van der Waals surface area contributed by atoms with Gasteiger partial charge in [-0.1, -0.05) is 24.3 Å². The van der Waals surface area contributed by atoms with Crippen LogP contribution in [0.2, 0.25) is 0 Å². The minimum Gasteiger partial charge on any atom is -0.397 e. The number of nitrogens with zero attached hydrogens (tertiary/aromatic N) is 4. The standard InChI is InChI=1S/C24H16FN7/c25-19-4-2-1-3-16(19)17-7-8-28-23-21(17)29-24(30-23)22-18-10-13(5-6-20(18)31-32-22)14-9-15(26)12-27-11-14/h1-12H,26H2,(H,31,32)(H,28,29,30). The van der Waals surface area contributed by atoms with Gasteiger partial charge < -0.3 is 10.7 Å². The highest BCUT2D eigenvalue weighted by molar-refractivity contribution is 5.97. The van der Waals surface area contributed by atoms with E-state index in [0.29, 0.717) is 39.5 Å². The highest BCUT2D eigenvalue weighted by Gasteiger charge is 2.17. The number of benzene rings is 2. The second-order valence-electron chi connectivity index (χ2n) is 7.46. The third kappa shape index (κ3) is 2.89. The molecular formula is C24H16FN7. The van der Waals surface area contributed by atoms with E-state index in [1.54, 1.807) is 42.9 Å². The van der Waals surface area contributed by atoms with E-state index >= 15 is 0 Å². The quantitative estimate of drug-likeness (QED) is 0.374. The highest BCUT2D eigenvalue weighted by Crippen LogP contribution is 2.33. The first-order valence-electron chi connectivity index (χ1n) is 9.96. The van der Waals surface area contributed by atoms with Crippen LogP contribution < -0.4 is 5.73 Å². The molecule has 0 fully saturated rings. The Balaban J connectivity index is 1.52. The molecule has 2 aromatic carbocycles. The van der Waals surface area contributed by atoms with Crippen molar-refractivity contribution in [2.75, 3.05) is 5.73 Å². The lowest BCUT2D eigenvalue weighted by molar-refractivity contribution is 0.631. The maximum Gasteiger partial charge on any atom is 0.160 e. The molecule has 4 N–H and O–H groups in total. The average molecular weight is 421 g/mol. The van der Waals surface area contributed by atoms with Crippen molar-refractivity contribution >= 4 is 27.8 Å². The van der Waals surface area contributed by atoms with Crippen molar-refractivity contribution in [3.8, 4) is 33.8 Å². The molecule has 0 amide bonds. The first-order valence-corrected chi connectivity index (χ1v) is 9.96. The number of rotatable bonds is 3. The monoisotopic (exact) mass is 421 g/mol. The zero-order valence-corrected chi connectivity index (χ0v) is 16.7. The van der Waals surface area contributed by atoms with Crippen LogP contribution in [-0.4, -0.2) is 30.1 Å². The summed E-state index contributed by atoms with van der Waals surface area (Å²) >= 11 is 0. The lowest BCUT2D eigenvalue weighted by Gasteiger charge is -2.03. The second kappa shape index (κ2) is 6.98. The van der Waals surface area contributed by atoms with Crippen LogP contribution in [0.1, 0.15) is 0 Å². The van der Waals surface area contributed by atoms with Crippen LogP contribution in [0.5, 0.6) is 0 Å². The maximum absolute atomic E-state index is 14.4. The van der Waals surface area contributed by atoms with Crippen molar-refractivity contribution in [2.24, 2.45) is 0 Å². The summed E-state index contributed by atoms with van der Waals surface area (Å²) in [5, 5.41) is 8.40. The number of pyridine rings is 2. The van der Waals surface area contributed by atoms with Gasteiger partial charge in [-0.3, -0.25) is 10.1 Å². The highest BCUT2D eigenvalue weighted by atomic mass is 19.1. The van der Waals surface area contributed by atoms with E-state index < -0.39 is 0 Å². The topological polar surface area (TPSA) is 109 Å². The molecule has 0 bridgehead atoms. The lowest BCUT2D eigenvalue weighted by atomic mass is 10.0. The molecule has 8 heteroatoms. The van der Waals surface area contributed by atoms with E-state index in [4.69, 9.17) is 10.7 Å². The van der Waals surface area contributed by atoms with Gasteiger partial charge in [0.1, 0.15) is 17.0 Å². The molecule has 6 rings (SSSR count). The van der Waals surface area contributed by atoms with Gasteiger partial charge in [-0.2, -0.15) is 5.10 Å². The van der Waals surface area contributed by atoms with Crippen molar-refractivity contribution in [3.63, 3.8) is 0 Å². The number of H-pyrrole nitrogens is 2. The smallest absolute Gasteiger partial charge is 0.160 e. The third-order valence-corrected chi connectivity index (χ3v) is 5.43. The summed E-state index contributed by atoms with van der Waals surface area (Å²) in [6.07, 6.45) is 5.02. The summed E-state index contributed by atoms with van der Waals surface area (Å²) in [4.78, 5) is 16.5. The van der Waals surface area contributed by atoms with Gasteiger partial charge in [0.25, 0.3) is 0 Å². The maximum atomic E-state index is 14.4. The fourth-order valence-corrected chi connectivity index (χ4v) is 3.91. The molecule has 0 spiro atoms. The summed E-state index contributed by atoms with van der Waals surface area (Å²) < 4.78 is 14.4. The summed E-state index contributed by atoms with van der Waals surface area (Å²) in [5.74, 6) is 0.237. The minimum absolute atomic E-state index is 0.310. The van der Waals surface area contributed by atoms with Gasteiger partial charge in [-0.05, 0) is 35.9 Å². The molecule has 4 aromatic heterocycles. The largest absolute Gasteiger partial charge is 0.397 e. The third-order valence-electron chi connectivity index (χ3n) is 5.43. The van der Waals surface area contributed by atoms with E-state index in [2.05, 4.69) is 25.1 Å². The predicted octanol–water partition coefficient (Wildman–Crippen LogP) is 4.95. The second-order valence-corrected chi connectivity index (χ2v) is 7.46. The molecule has 0 atom stereocenters. The lowest BCUT2D eigenvalue weighted by Crippen LogP contribution is -1.88. The Morgan fingerprint density at radius 3 is 2.69 bits per heavy atom. The number of aromatic amines is 2. The molecule has 7 nitrogen and oxygen atoms in total.